The molecule has 1 fully saturated rings. The standard InChI is InChI=1S/C10H20N4/c1-9(2)14-5-3-13(4-6-14)8-10(12)7-11/h9-10H,3-6,8,12H2,1-2H3. The number of nitriles is 1. The molecule has 2 N–H and O–H groups in total. The first-order valence-electron chi connectivity index (χ1n) is 5.25. The van der Waals surface area contributed by atoms with Crippen molar-refractivity contribution < 1.29 is 0 Å². The average Bonchev–Trinajstić information content (AvgIpc) is 2.18. The SMILES string of the molecule is CC(C)N1CCN(CC(N)C#N)CC1. The summed E-state index contributed by atoms with van der Waals surface area (Å²) in [6.07, 6.45) is 0. The van der Waals surface area contributed by atoms with Crippen LogP contribution < -0.4 is 5.73 Å². The van der Waals surface area contributed by atoms with Crippen LogP contribution >= 0.6 is 0 Å². The Balaban J connectivity index is 2.26. The molecule has 0 radical (unpaired) electrons. The lowest BCUT2D eigenvalue weighted by atomic mass is 10.2. The van der Waals surface area contributed by atoms with E-state index in [1.165, 1.54) is 0 Å². The molecule has 0 aromatic carbocycles. The molecule has 1 heterocycles. The molecule has 14 heavy (non-hydrogen) atoms. The van der Waals surface area contributed by atoms with Crippen molar-refractivity contribution in [1.82, 2.24) is 9.80 Å². The number of nitrogens with zero attached hydrogens (tertiary/aromatic N) is 3. The normalized spacial score (nSPS) is 22.2. The van der Waals surface area contributed by atoms with E-state index in [4.69, 9.17) is 11.0 Å². The Bertz CT molecular complexity index is 201. The summed E-state index contributed by atoms with van der Waals surface area (Å²) >= 11 is 0. The molecule has 0 bridgehead atoms. The van der Waals surface area contributed by atoms with Gasteiger partial charge in [-0.05, 0) is 13.8 Å². The highest BCUT2D eigenvalue weighted by Crippen LogP contribution is 2.05. The van der Waals surface area contributed by atoms with Gasteiger partial charge in [-0.1, -0.05) is 0 Å². The number of hydrogen-bond acceptors (Lipinski definition) is 4. The van der Waals surface area contributed by atoms with Gasteiger partial charge in [-0.2, -0.15) is 5.26 Å². The monoisotopic (exact) mass is 196 g/mol. The van der Waals surface area contributed by atoms with E-state index >= 15 is 0 Å². The maximum Gasteiger partial charge on any atom is 0.106 e. The molecule has 4 nitrogen and oxygen atoms in total. The van der Waals surface area contributed by atoms with Crippen molar-refractivity contribution in [3.05, 3.63) is 0 Å². The van der Waals surface area contributed by atoms with E-state index in [1.807, 2.05) is 0 Å². The Labute approximate surface area is 86.3 Å². The van der Waals surface area contributed by atoms with E-state index in [9.17, 15) is 0 Å². The summed E-state index contributed by atoms with van der Waals surface area (Å²) in [5, 5.41) is 8.59. The van der Waals surface area contributed by atoms with Crippen molar-refractivity contribution >= 4 is 0 Å². The zero-order valence-electron chi connectivity index (χ0n) is 9.11. The lowest BCUT2D eigenvalue weighted by Gasteiger charge is -2.37. The summed E-state index contributed by atoms with van der Waals surface area (Å²) in [7, 11) is 0. The largest absolute Gasteiger partial charge is 0.315 e. The molecule has 1 aliphatic heterocycles. The van der Waals surface area contributed by atoms with Gasteiger partial charge in [0.05, 0.1) is 6.07 Å². The number of nitrogens with two attached hydrogens (primary N) is 1. The maximum atomic E-state index is 8.59. The van der Waals surface area contributed by atoms with Crippen LogP contribution in [0.3, 0.4) is 0 Å². The van der Waals surface area contributed by atoms with E-state index < -0.39 is 0 Å². The average molecular weight is 196 g/mol. The van der Waals surface area contributed by atoms with Gasteiger partial charge in [0.1, 0.15) is 6.04 Å². The van der Waals surface area contributed by atoms with E-state index in [-0.39, 0.29) is 6.04 Å². The molecule has 0 aliphatic carbocycles. The van der Waals surface area contributed by atoms with Crippen LogP contribution in [0.1, 0.15) is 13.8 Å². The van der Waals surface area contributed by atoms with Crippen LogP contribution in [0.4, 0.5) is 0 Å². The van der Waals surface area contributed by atoms with Gasteiger partial charge in [0.2, 0.25) is 0 Å². The third-order valence-corrected chi connectivity index (χ3v) is 2.76. The van der Waals surface area contributed by atoms with Crippen molar-refractivity contribution in [2.24, 2.45) is 5.73 Å². The molecule has 0 saturated carbocycles. The van der Waals surface area contributed by atoms with Crippen molar-refractivity contribution in [3.63, 3.8) is 0 Å². The van der Waals surface area contributed by atoms with E-state index in [2.05, 4.69) is 29.7 Å². The van der Waals surface area contributed by atoms with E-state index in [0.29, 0.717) is 12.6 Å². The maximum absolute atomic E-state index is 8.59. The Kier molecular flexibility index (Phi) is 4.33. The molecule has 0 aromatic rings. The summed E-state index contributed by atoms with van der Waals surface area (Å²) in [6.45, 7) is 9.41. The summed E-state index contributed by atoms with van der Waals surface area (Å²) in [6, 6.07) is 2.36. The van der Waals surface area contributed by atoms with Gasteiger partial charge in [0, 0.05) is 38.8 Å². The van der Waals surface area contributed by atoms with Crippen LogP contribution in [0.25, 0.3) is 0 Å². The number of rotatable bonds is 3. The lowest BCUT2D eigenvalue weighted by Crippen LogP contribution is -2.51. The first-order chi connectivity index (χ1) is 6.63. The fourth-order valence-corrected chi connectivity index (χ4v) is 1.78. The van der Waals surface area contributed by atoms with Crippen molar-refractivity contribution in [2.45, 2.75) is 25.9 Å². The lowest BCUT2D eigenvalue weighted by molar-refractivity contribution is 0.107. The zero-order valence-corrected chi connectivity index (χ0v) is 9.11. The van der Waals surface area contributed by atoms with Gasteiger partial charge in [0.25, 0.3) is 0 Å². The van der Waals surface area contributed by atoms with Gasteiger partial charge >= 0.3 is 0 Å². The summed E-state index contributed by atoms with van der Waals surface area (Å²) < 4.78 is 0. The van der Waals surface area contributed by atoms with Gasteiger partial charge < -0.3 is 5.73 Å². The minimum absolute atomic E-state index is 0.333. The summed E-state index contributed by atoms with van der Waals surface area (Å²) in [4.78, 5) is 4.72. The number of hydrogen-bond donors (Lipinski definition) is 1. The van der Waals surface area contributed by atoms with E-state index in [0.717, 1.165) is 26.2 Å². The molecular weight excluding hydrogens is 176 g/mol. The van der Waals surface area contributed by atoms with Crippen LogP contribution in [0.15, 0.2) is 0 Å². The molecule has 0 aromatic heterocycles. The van der Waals surface area contributed by atoms with Crippen molar-refractivity contribution in [1.29, 1.82) is 5.26 Å². The number of piperazine rings is 1. The van der Waals surface area contributed by atoms with Gasteiger partial charge in [-0.25, -0.2) is 0 Å². The molecule has 0 spiro atoms. The zero-order chi connectivity index (χ0) is 10.6. The summed E-state index contributed by atoms with van der Waals surface area (Å²) in [5.41, 5.74) is 5.58. The van der Waals surface area contributed by atoms with Crippen LogP contribution in [-0.4, -0.2) is 54.6 Å². The van der Waals surface area contributed by atoms with Crippen LogP contribution in [0.5, 0.6) is 0 Å². The summed E-state index contributed by atoms with van der Waals surface area (Å²) in [5.74, 6) is 0. The highest BCUT2D eigenvalue weighted by atomic mass is 15.3. The fraction of sp³-hybridized carbons (Fsp3) is 0.900. The Morgan fingerprint density at radius 3 is 2.29 bits per heavy atom. The Morgan fingerprint density at radius 1 is 1.29 bits per heavy atom. The molecule has 80 valence electrons. The minimum Gasteiger partial charge on any atom is -0.315 e. The van der Waals surface area contributed by atoms with Crippen molar-refractivity contribution in [2.75, 3.05) is 32.7 Å². The Hall–Kier alpha value is -0.630. The van der Waals surface area contributed by atoms with Crippen molar-refractivity contribution in [3.8, 4) is 6.07 Å². The van der Waals surface area contributed by atoms with Gasteiger partial charge in [-0.15, -0.1) is 0 Å². The molecule has 1 rings (SSSR count). The second-order valence-electron chi connectivity index (χ2n) is 4.17. The molecule has 1 unspecified atom stereocenters. The first kappa shape index (κ1) is 11.4. The van der Waals surface area contributed by atoms with Crippen LogP contribution in [0.2, 0.25) is 0 Å². The van der Waals surface area contributed by atoms with E-state index in [1.54, 1.807) is 0 Å². The van der Waals surface area contributed by atoms with Gasteiger partial charge in [-0.3, -0.25) is 9.80 Å². The predicted molar refractivity (Wildman–Crippen MR) is 56.7 cm³/mol. The molecule has 0 amide bonds. The molecule has 1 atom stereocenters. The highest BCUT2D eigenvalue weighted by Gasteiger charge is 2.19. The fourth-order valence-electron chi connectivity index (χ4n) is 1.78. The van der Waals surface area contributed by atoms with Gasteiger partial charge in [0.15, 0.2) is 0 Å². The first-order valence-corrected chi connectivity index (χ1v) is 5.25. The smallest absolute Gasteiger partial charge is 0.106 e. The topological polar surface area (TPSA) is 56.3 Å². The Morgan fingerprint density at radius 2 is 1.86 bits per heavy atom. The second kappa shape index (κ2) is 5.30. The quantitative estimate of drug-likeness (QED) is 0.683. The molecule has 4 heteroatoms. The minimum atomic E-state index is -0.333. The second-order valence-corrected chi connectivity index (χ2v) is 4.17. The molecule has 1 aliphatic rings. The highest BCUT2D eigenvalue weighted by molar-refractivity contribution is 4.90. The molecular formula is C10H20N4. The third kappa shape index (κ3) is 3.26. The molecule has 1 saturated heterocycles. The van der Waals surface area contributed by atoms with Crippen LogP contribution in [0, 0.1) is 11.3 Å². The van der Waals surface area contributed by atoms with Crippen LogP contribution in [-0.2, 0) is 0 Å². The predicted octanol–water partition coefficient (Wildman–Crippen LogP) is -0.137. The third-order valence-electron chi connectivity index (χ3n) is 2.76.